The molecule has 0 atom stereocenters. The first-order chi connectivity index (χ1) is 17.3. The number of nitrogens with two attached hydrogens (primary N) is 1. The lowest BCUT2D eigenvalue weighted by molar-refractivity contribution is -0.141. The Hall–Kier alpha value is -3.58. The molecule has 0 unspecified atom stereocenters. The van der Waals surface area contributed by atoms with E-state index in [1.54, 1.807) is 6.07 Å². The minimum atomic E-state index is -4.60. The molecule has 4 heterocycles. The van der Waals surface area contributed by atoms with Crippen LogP contribution in [0.25, 0.3) is 33.2 Å². The quantitative estimate of drug-likeness (QED) is 0.337. The van der Waals surface area contributed by atoms with Crippen molar-refractivity contribution in [2.75, 3.05) is 5.73 Å². The first kappa shape index (κ1) is 24.1. The average molecular weight is 518 g/mol. The Balaban J connectivity index is 1.53. The van der Waals surface area contributed by atoms with E-state index >= 15 is 0 Å². The molecular weight excluding hydrogens is 495 g/mol. The molecule has 4 N–H and O–H groups in total. The van der Waals surface area contributed by atoms with Gasteiger partial charge in [0.05, 0.1) is 10.4 Å². The van der Waals surface area contributed by atoms with E-state index in [1.807, 2.05) is 0 Å². The summed E-state index contributed by atoms with van der Waals surface area (Å²) in [4.78, 5) is 23.7. The van der Waals surface area contributed by atoms with E-state index in [-0.39, 0.29) is 34.2 Å². The van der Waals surface area contributed by atoms with Gasteiger partial charge in [-0.25, -0.2) is 19.9 Å². The highest BCUT2D eigenvalue weighted by atomic mass is 32.1. The third-order valence-corrected chi connectivity index (χ3v) is 7.10. The highest BCUT2D eigenvalue weighted by Crippen LogP contribution is 2.41. The second-order valence-electron chi connectivity index (χ2n) is 8.54. The molecule has 0 spiro atoms. The Labute approximate surface area is 207 Å². The van der Waals surface area contributed by atoms with Crippen molar-refractivity contribution >= 4 is 17.2 Å². The Morgan fingerprint density at radius 3 is 2.61 bits per heavy atom. The van der Waals surface area contributed by atoms with Crippen molar-refractivity contribution in [2.24, 2.45) is 0 Å². The average Bonchev–Trinajstić information content (AvgIpc) is 3.50. The molecule has 0 amide bonds. The number of hydrogen-bond acceptors (Lipinski definition) is 9. The maximum absolute atomic E-state index is 13.9. The van der Waals surface area contributed by atoms with Crippen molar-refractivity contribution in [3.8, 4) is 33.2 Å². The molecule has 36 heavy (non-hydrogen) atoms. The van der Waals surface area contributed by atoms with Crippen molar-refractivity contribution in [2.45, 2.75) is 50.9 Å². The van der Waals surface area contributed by atoms with Gasteiger partial charge in [0.15, 0.2) is 5.69 Å². The van der Waals surface area contributed by atoms with Gasteiger partial charge in [-0.1, -0.05) is 19.3 Å². The summed E-state index contributed by atoms with van der Waals surface area (Å²) in [6.07, 6.45) is 5.05. The van der Waals surface area contributed by atoms with Gasteiger partial charge in [0, 0.05) is 47.9 Å². The van der Waals surface area contributed by atoms with Crippen LogP contribution in [0.2, 0.25) is 0 Å². The molecular formula is C23H22F3N7O2S. The number of aromatic amines is 1. The number of anilines is 1. The monoisotopic (exact) mass is 517 g/mol. The molecule has 9 nitrogen and oxygen atoms in total. The minimum absolute atomic E-state index is 0.0315. The van der Waals surface area contributed by atoms with E-state index in [2.05, 4.69) is 30.5 Å². The molecule has 188 valence electrons. The number of thiazole rings is 1. The molecule has 1 aliphatic rings. The summed E-state index contributed by atoms with van der Waals surface area (Å²) in [5.74, 6) is -0.548. The maximum Gasteiger partial charge on any atom is 0.434 e. The predicted molar refractivity (Wildman–Crippen MR) is 128 cm³/mol. The summed E-state index contributed by atoms with van der Waals surface area (Å²) in [5, 5.41) is 9.42. The van der Waals surface area contributed by atoms with E-state index in [1.165, 1.54) is 24.7 Å². The lowest BCUT2D eigenvalue weighted by Gasteiger charge is -2.22. The highest BCUT2D eigenvalue weighted by molar-refractivity contribution is 7.15. The number of nitrogens with zero attached hydrogens (tertiary/aromatic N) is 4. The Morgan fingerprint density at radius 2 is 1.89 bits per heavy atom. The van der Waals surface area contributed by atoms with Crippen LogP contribution < -0.4 is 16.8 Å². The van der Waals surface area contributed by atoms with Crippen LogP contribution in [0.3, 0.4) is 0 Å². The fraction of sp³-hybridized carbons (Fsp3) is 0.348. The molecule has 0 bridgehead atoms. The largest absolute Gasteiger partial charge is 0.434 e. The Bertz CT molecular complexity index is 1420. The number of hydrogen-bond donors (Lipinski definition) is 3. The molecule has 5 rings (SSSR count). The van der Waals surface area contributed by atoms with Gasteiger partial charge in [-0.05, 0) is 25.0 Å². The first-order valence-electron chi connectivity index (χ1n) is 11.4. The van der Waals surface area contributed by atoms with Gasteiger partial charge in [-0.2, -0.15) is 13.2 Å². The van der Waals surface area contributed by atoms with Crippen molar-refractivity contribution in [3.05, 3.63) is 51.8 Å². The number of pyridine rings is 2. The molecule has 13 heteroatoms. The van der Waals surface area contributed by atoms with E-state index in [4.69, 9.17) is 10.2 Å². The third kappa shape index (κ3) is 5.16. The van der Waals surface area contributed by atoms with Gasteiger partial charge >= 0.3 is 11.9 Å². The molecule has 4 aromatic rings. The smallest absolute Gasteiger partial charge is 0.388 e. The SMILES string of the molecule is Nc1cc(-c2nc(C(F)(F)F)c(CNC3CCCCC3)s2)c(-c2cncc(-c3n[nH]c(=O)o3)c2)cn1. The van der Waals surface area contributed by atoms with E-state index in [9.17, 15) is 18.0 Å². The molecule has 1 aliphatic carbocycles. The van der Waals surface area contributed by atoms with Crippen LogP contribution in [0.15, 0.2) is 39.9 Å². The number of nitrogens with one attached hydrogen (secondary N) is 2. The maximum atomic E-state index is 13.9. The Morgan fingerprint density at radius 1 is 1.11 bits per heavy atom. The fourth-order valence-corrected chi connectivity index (χ4v) is 5.35. The fourth-order valence-electron chi connectivity index (χ4n) is 4.29. The topological polar surface area (TPSA) is 136 Å². The number of H-pyrrole nitrogens is 1. The van der Waals surface area contributed by atoms with Crippen molar-refractivity contribution in [1.82, 2.24) is 30.5 Å². The van der Waals surface area contributed by atoms with Gasteiger partial charge in [0.2, 0.25) is 0 Å². The van der Waals surface area contributed by atoms with Crippen molar-refractivity contribution in [1.29, 1.82) is 0 Å². The summed E-state index contributed by atoms with van der Waals surface area (Å²) in [5.41, 5.74) is 6.79. The van der Waals surface area contributed by atoms with Gasteiger partial charge in [-0.3, -0.25) is 4.98 Å². The van der Waals surface area contributed by atoms with Crippen LogP contribution in [0.4, 0.5) is 19.0 Å². The van der Waals surface area contributed by atoms with Crippen LogP contribution in [0.5, 0.6) is 0 Å². The molecule has 0 radical (unpaired) electrons. The van der Waals surface area contributed by atoms with Crippen LogP contribution in [0, 0.1) is 0 Å². The van der Waals surface area contributed by atoms with Crippen LogP contribution in [-0.4, -0.2) is 31.2 Å². The molecule has 1 fully saturated rings. The molecule has 0 aromatic carbocycles. The lowest BCUT2D eigenvalue weighted by Crippen LogP contribution is -2.30. The normalized spacial score (nSPS) is 14.9. The van der Waals surface area contributed by atoms with E-state index < -0.39 is 17.6 Å². The second-order valence-corrected chi connectivity index (χ2v) is 9.62. The molecule has 0 saturated heterocycles. The van der Waals surface area contributed by atoms with Gasteiger partial charge in [-0.15, -0.1) is 16.4 Å². The van der Waals surface area contributed by atoms with Gasteiger partial charge in [0.1, 0.15) is 10.8 Å². The standard InChI is InChI=1S/C23H22F3N7O2S/c24-23(25,26)19-17(11-29-14-4-2-1-3-5-14)36-21(31-19)15-7-18(27)30-10-16(15)12-6-13(9-28-8-12)20-32-33-22(34)35-20/h6-10,14,29H,1-5,11H2,(H2,27,30)(H,33,34). The van der Waals surface area contributed by atoms with Crippen LogP contribution in [-0.2, 0) is 12.7 Å². The summed E-state index contributed by atoms with van der Waals surface area (Å²) >= 11 is 0.975. The Kier molecular flexibility index (Phi) is 6.58. The summed E-state index contributed by atoms with van der Waals surface area (Å²) in [6, 6.07) is 3.34. The van der Waals surface area contributed by atoms with Crippen molar-refractivity contribution < 1.29 is 17.6 Å². The second kappa shape index (κ2) is 9.82. The van der Waals surface area contributed by atoms with Crippen LogP contribution in [0.1, 0.15) is 42.7 Å². The zero-order valence-electron chi connectivity index (χ0n) is 18.9. The number of halogens is 3. The van der Waals surface area contributed by atoms with Gasteiger partial charge < -0.3 is 15.5 Å². The third-order valence-electron chi connectivity index (χ3n) is 6.01. The minimum Gasteiger partial charge on any atom is -0.388 e. The summed E-state index contributed by atoms with van der Waals surface area (Å²) in [6.45, 7) is 0.0856. The van der Waals surface area contributed by atoms with E-state index in [0.717, 1.165) is 43.4 Å². The lowest BCUT2D eigenvalue weighted by atomic mass is 9.95. The summed E-state index contributed by atoms with van der Waals surface area (Å²) in [7, 11) is 0. The zero-order valence-corrected chi connectivity index (χ0v) is 19.7. The molecule has 4 aromatic heterocycles. The summed E-state index contributed by atoms with van der Waals surface area (Å²) < 4.78 is 46.7. The number of rotatable bonds is 6. The van der Waals surface area contributed by atoms with Crippen molar-refractivity contribution in [3.63, 3.8) is 0 Å². The van der Waals surface area contributed by atoms with Gasteiger partial charge in [0.25, 0.3) is 5.89 Å². The predicted octanol–water partition coefficient (Wildman–Crippen LogP) is 4.63. The molecule has 1 saturated carbocycles. The number of aromatic nitrogens is 5. The van der Waals surface area contributed by atoms with Crippen LogP contribution >= 0.6 is 11.3 Å². The van der Waals surface area contributed by atoms with E-state index in [0.29, 0.717) is 22.3 Å². The molecule has 0 aliphatic heterocycles. The first-order valence-corrected chi connectivity index (χ1v) is 12.2. The zero-order chi connectivity index (χ0) is 25.3. The number of nitrogen functional groups attached to an aromatic ring is 1. The highest BCUT2D eigenvalue weighted by Gasteiger charge is 2.38. The number of alkyl halides is 3.